The summed E-state index contributed by atoms with van der Waals surface area (Å²) < 4.78 is 0. The van der Waals surface area contributed by atoms with Gasteiger partial charge in [-0.2, -0.15) is 5.26 Å². The Bertz CT molecular complexity index is 363. The van der Waals surface area contributed by atoms with Crippen molar-refractivity contribution in [3.05, 3.63) is 29.8 Å². The van der Waals surface area contributed by atoms with Crippen LogP contribution in [0.15, 0.2) is 24.3 Å². The number of phenolic OH excluding ortho intramolecular Hbond substituents is 1. The molecule has 2 nitrogen and oxygen atoms in total. The second-order valence-electron chi connectivity index (χ2n) is 3.90. The highest BCUT2D eigenvalue weighted by atomic mass is 16.3. The Labute approximate surface area is 83.8 Å². The van der Waals surface area contributed by atoms with Gasteiger partial charge in [0.1, 0.15) is 5.75 Å². The van der Waals surface area contributed by atoms with Gasteiger partial charge in [-0.05, 0) is 42.4 Å². The monoisotopic (exact) mass is 187 g/mol. The van der Waals surface area contributed by atoms with Crippen LogP contribution in [0.1, 0.15) is 30.7 Å². The third kappa shape index (κ3) is 1.88. The summed E-state index contributed by atoms with van der Waals surface area (Å²) in [5.41, 5.74) is 1.11. The summed E-state index contributed by atoms with van der Waals surface area (Å²) in [6.45, 7) is 0. The molecule has 1 atom stereocenters. The Kier molecular flexibility index (Phi) is 2.41. The van der Waals surface area contributed by atoms with Gasteiger partial charge in [0, 0.05) is 6.42 Å². The molecular weight excluding hydrogens is 174 g/mol. The zero-order valence-electron chi connectivity index (χ0n) is 7.98. The van der Waals surface area contributed by atoms with Gasteiger partial charge in [-0.25, -0.2) is 0 Å². The third-order valence-corrected chi connectivity index (χ3v) is 2.80. The first-order valence-corrected chi connectivity index (χ1v) is 4.97. The number of rotatable bonds is 3. The molecule has 1 aromatic rings. The van der Waals surface area contributed by atoms with Crippen LogP contribution in [0.4, 0.5) is 0 Å². The lowest BCUT2D eigenvalue weighted by Crippen LogP contribution is -1.99. The molecule has 2 rings (SSSR count). The van der Waals surface area contributed by atoms with E-state index in [2.05, 4.69) is 6.07 Å². The normalized spacial score (nSPS) is 17.4. The lowest BCUT2D eigenvalue weighted by Gasteiger charge is -2.12. The highest BCUT2D eigenvalue weighted by Crippen LogP contribution is 2.44. The van der Waals surface area contributed by atoms with E-state index in [1.165, 1.54) is 12.8 Å². The molecule has 0 saturated heterocycles. The number of hydrogen-bond donors (Lipinski definition) is 1. The van der Waals surface area contributed by atoms with E-state index in [1.807, 2.05) is 12.1 Å². The second-order valence-corrected chi connectivity index (χ2v) is 3.90. The molecule has 0 unspecified atom stereocenters. The van der Waals surface area contributed by atoms with Crippen molar-refractivity contribution in [3.63, 3.8) is 0 Å². The molecule has 0 amide bonds. The first-order chi connectivity index (χ1) is 6.81. The first-order valence-electron chi connectivity index (χ1n) is 4.97. The molecule has 1 fully saturated rings. The third-order valence-electron chi connectivity index (χ3n) is 2.80. The maximum absolute atomic E-state index is 9.35. The molecule has 0 heterocycles. The van der Waals surface area contributed by atoms with Gasteiger partial charge in [-0.1, -0.05) is 12.1 Å². The van der Waals surface area contributed by atoms with E-state index in [0.29, 0.717) is 24.0 Å². The van der Waals surface area contributed by atoms with Crippen LogP contribution in [0.2, 0.25) is 0 Å². The van der Waals surface area contributed by atoms with E-state index in [0.717, 1.165) is 5.56 Å². The van der Waals surface area contributed by atoms with Crippen LogP contribution in [-0.4, -0.2) is 5.11 Å². The van der Waals surface area contributed by atoms with Crippen LogP contribution < -0.4 is 0 Å². The van der Waals surface area contributed by atoms with Crippen LogP contribution in [0.3, 0.4) is 0 Å². The lowest BCUT2D eigenvalue weighted by molar-refractivity contribution is 0.472. The lowest BCUT2D eigenvalue weighted by atomic mass is 9.91. The van der Waals surface area contributed by atoms with Crippen LogP contribution in [0, 0.1) is 17.2 Å². The molecule has 1 N–H and O–H groups in total. The molecule has 2 heteroatoms. The molecule has 0 radical (unpaired) electrons. The summed E-state index contributed by atoms with van der Waals surface area (Å²) in [4.78, 5) is 0. The number of nitriles is 1. The van der Waals surface area contributed by atoms with Crippen molar-refractivity contribution >= 4 is 0 Å². The van der Waals surface area contributed by atoms with Gasteiger partial charge in [0.05, 0.1) is 6.07 Å². The summed E-state index contributed by atoms with van der Waals surface area (Å²) in [6.07, 6.45) is 3.01. The molecule has 0 aliphatic heterocycles. The Balaban J connectivity index is 2.21. The minimum Gasteiger partial charge on any atom is -0.508 e. The molecule has 72 valence electrons. The van der Waals surface area contributed by atoms with E-state index in [4.69, 9.17) is 5.26 Å². The predicted molar refractivity (Wildman–Crippen MR) is 53.8 cm³/mol. The van der Waals surface area contributed by atoms with Gasteiger partial charge < -0.3 is 5.11 Å². The number of benzene rings is 1. The fraction of sp³-hybridized carbons (Fsp3) is 0.417. The molecule has 1 aliphatic carbocycles. The second kappa shape index (κ2) is 3.71. The Morgan fingerprint density at radius 2 is 2.29 bits per heavy atom. The maximum Gasteiger partial charge on any atom is 0.115 e. The van der Waals surface area contributed by atoms with E-state index in [-0.39, 0.29) is 0 Å². The summed E-state index contributed by atoms with van der Waals surface area (Å²) in [5, 5.41) is 18.1. The van der Waals surface area contributed by atoms with Crippen molar-refractivity contribution in [2.75, 3.05) is 0 Å². The van der Waals surface area contributed by atoms with Crippen LogP contribution in [-0.2, 0) is 0 Å². The number of hydrogen-bond acceptors (Lipinski definition) is 2. The van der Waals surface area contributed by atoms with Crippen molar-refractivity contribution in [1.82, 2.24) is 0 Å². The Hall–Kier alpha value is -1.49. The molecule has 14 heavy (non-hydrogen) atoms. The standard InChI is InChI=1S/C12H13NO/c13-7-6-12(9-4-5-9)10-2-1-3-11(14)8-10/h1-3,8-9,12,14H,4-6H2/t12-/m0/s1. The first kappa shape index (κ1) is 9.08. The molecule has 1 aliphatic rings. The average molecular weight is 187 g/mol. The predicted octanol–water partition coefficient (Wildman–Crippen LogP) is 2.80. The van der Waals surface area contributed by atoms with E-state index < -0.39 is 0 Å². The summed E-state index contributed by atoms with van der Waals surface area (Å²) >= 11 is 0. The van der Waals surface area contributed by atoms with E-state index in [1.54, 1.807) is 12.1 Å². The van der Waals surface area contributed by atoms with Gasteiger partial charge in [0.2, 0.25) is 0 Å². The van der Waals surface area contributed by atoms with Crippen LogP contribution in [0.5, 0.6) is 5.75 Å². The summed E-state index contributed by atoms with van der Waals surface area (Å²) in [7, 11) is 0. The highest BCUT2D eigenvalue weighted by Gasteiger charge is 2.32. The zero-order valence-corrected chi connectivity index (χ0v) is 7.98. The van der Waals surface area contributed by atoms with Gasteiger partial charge in [0.25, 0.3) is 0 Å². The minimum atomic E-state index is 0.297. The smallest absolute Gasteiger partial charge is 0.115 e. The quantitative estimate of drug-likeness (QED) is 0.790. The molecule has 0 bridgehead atoms. The van der Waals surface area contributed by atoms with Crippen molar-refractivity contribution in [2.45, 2.75) is 25.2 Å². The molecule has 0 spiro atoms. The van der Waals surface area contributed by atoms with Crippen molar-refractivity contribution in [3.8, 4) is 11.8 Å². The minimum absolute atomic E-state index is 0.297. The fourth-order valence-electron chi connectivity index (χ4n) is 1.91. The molecule has 1 saturated carbocycles. The Morgan fingerprint density at radius 1 is 1.50 bits per heavy atom. The van der Waals surface area contributed by atoms with Gasteiger partial charge in [-0.3, -0.25) is 0 Å². The van der Waals surface area contributed by atoms with Crippen molar-refractivity contribution in [2.24, 2.45) is 5.92 Å². The topological polar surface area (TPSA) is 44.0 Å². The van der Waals surface area contributed by atoms with E-state index in [9.17, 15) is 5.11 Å². The SMILES string of the molecule is N#CC[C@H](c1cccc(O)c1)C1CC1. The van der Waals surface area contributed by atoms with Crippen LogP contribution >= 0.6 is 0 Å². The Morgan fingerprint density at radius 3 is 2.86 bits per heavy atom. The van der Waals surface area contributed by atoms with Gasteiger partial charge in [0.15, 0.2) is 0 Å². The van der Waals surface area contributed by atoms with Gasteiger partial charge in [-0.15, -0.1) is 0 Å². The summed E-state index contributed by atoms with van der Waals surface area (Å²) in [6, 6.07) is 9.51. The fourth-order valence-corrected chi connectivity index (χ4v) is 1.91. The largest absolute Gasteiger partial charge is 0.508 e. The van der Waals surface area contributed by atoms with Crippen molar-refractivity contribution in [1.29, 1.82) is 5.26 Å². The van der Waals surface area contributed by atoms with Crippen LogP contribution in [0.25, 0.3) is 0 Å². The average Bonchev–Trinajstić information content (AvgIpc) is 2.97. The number of aromatic hydroxyl groups is 1. The van der Waals surface area contributed by atoms with E-state index >= 15 is 0 Å². The maximum atomic E-state index is 9.35. The number of nitrogens with zero attached hydrogens (tertiary/aromatic N) is 1. The van der Waals surface area contributed by atoms with Crippen molar-refractivity contribution < 1.29 is 5.11 Å². The number of phenols is 1. The highest BCUT2D eigenvalue weighted by molar-refractivity contribution is 5.31. The molecular formula is C12H13NO. The van der Waals surface area contributed by atoms with Gasteiger partial charge >= 0.3 is 0 Å². The zero-order chi connectivity index (χ0) is 9.97. The molecule has 1 aromatic carbocycles. The summed E-state index contributed by atoms with van der Waals surface area (Å²) in [5.74, 6) is 1.29. The molecule has 0 aromatic heterocycles.